The molecular weight excluding hydrogens is 381 g/mol. The Balaban J connectivity index is 1.83. The zero-order valence-corrected chi connectivity index (χ0v) is 15.5. The molecule has 0 fully saturated rings. The number of aryl methyl sites for hydroxylation is 1. The van der Waals surface area contributed by atoms with Gasteiger partial charge in [-0.3, -0.25) is 4.79 Å². The van der Waals surface area contributed by atoms with Gasteiger partial charge in [0.05, 0.1) is 22.9 Å². The number of pyridine rings is 3. The molecule has 0 atom stereocenters. The van der Waals surface area contributed by atoms with Gasteiger partial charge in [-0.05, 0) is 37.6 Å². The Labute approximate surface area is 164 Å². The van der Waals surface area contributed by atoms with Gasteiger partial charge in [0.1, 0.15) is 29.1 Å². The molecule has 29 heavy (non-hydrogen) atoms. The topological polar surface area (TPSA) is 59.8 Å². The molecule has 0 bridgehead atoms. The first-order valence-corrected chi connectivity index (χ1v) is 9.15. The molecule has 0 unspecified atom stereocenters. The first-order valence-electron chi connectivity index (χ1n) is 9.15. The first kappa shape index (κ1) is 18.9. The summed E-state index contributed by atoms with van der Waals surface area (Å²) in [6.07, 6.45) is 4.22. The zero-order valence-electron chi connectivity index (χ0n) is 15.5. The predicted molar refractivity (Wildman–Crippen MR) is 106 cm³/mol. The zero-order chi connectivity index (χ0) is 20.5. The number of anilines is 2. The van der Waals surface area contributed by atoms with Crippen molar-refractivity contribution in [1.82, 2.24) is 14.5 Å². The van der Waals surface area contributed by atoms with E-state index in [0.717, 1.165) is 6.20 Å². The molecule has 148 valence electrons. The van der Waals surface area contributed by atoms with Crippen LogP contribution in [0.15, 0.2) is 59.2 Å². The molecule has 5 nitrogen and oxygen atoms in total. The molecule has 0 radical (unpaired) electrons. The largest absolute Gasteiger partial charge is 0.325 e. The summed E-state index contributed by atoms with van der Waals surface area (Å²) in [6, 6.07) is 5.83. The van der Waals surface area contributed by atoms with E-state index in [-0.39, 0.29) is 24.0 Å². The Morgan fingerprint density at radius 2 is 1.90 bits per heavy atom. The van der Waals surface area contributed by atoms with E-state index in [1.165, 1.54) is 35.0 Å². The Bertz CT molecular complexity index is 1210. The van der Waals surface area contributed by atoms with E-state index in [4.69, 9.17) is 0 Å². The van der Waals surface area contributed by atoms with E-state index in [1.807, 2.05) is 0 Å². The molecule has 3 aromatic rings. The highest BCUT2D eigenvalue weighted by Crippen LogP contribution is 2.34. The number of nitrogens with one attached hydrogen (secondary N) is 1. The molecule has 0 aromatic carbocycles. The second-order valence-electron chi connectivity index (χ2n) is 6.59. The average Bonchev–Trinajstić information content (AvgIpc) is 2.70. The van der Waals surface area contributed by atoms with E-state index in [9.17, 15) is 18.0 Å². The second kappa shape index (κ2) is 7.54. The van der Waals surface area contributed by atoms with Crippen LogP contribution in [0.25, 0.3) is 16.5 Å². The molecule has 0 spiro atoms. The number of allylic oxidation sites excluding steroid dienone is 4. The molecule has 4 rings (SSSR count). The lowest BCUT2D eigenvalue weighted by Crippen LogP contribution is -2.24. The molecule has 0 saturated carbocycles. The van der Waals surface area contributed by atoms with Crippen LogP contribution in [-0.2, 0) is 6.54 Å². The van der Waals surface area contributed by atoms with E-state index in [1.54, 1.807) is 13.0 Å². The summed E-state index contributed by atoms with van der Waals surface area (Å²) < 4.78 is 43.1. The van der Waals surface area contributed by atoms with Crippen LogP contribution in [0.1, 0.15) is 25.3 Å². The summed E-state index contributed by atoms with van der Waals surface area (Å²) in [5.74, 6) is -1.01. The Morgan fingerprint density at radius 3 is 2.59 bits per heavy atom. The lowest BCUT2D eigenvalue weighted by molar-refractivity contribution is 0.567. The van der Waals surface area contributed by atoms with Crippen molar-refractivity contribution in [2.24, 2.45) is 0 Å². The number of fused-ring (bicyclic) bond motifs is 1. The van der Waals surface area contributed by atoms with Crippen LogP contribution < -0.4 is 10.9 Å². The van der Waals surface area contributed by atoms with Gasteiger partial charge in [0.15, 0.2) is 0 Å². The number of nitrogens with zero attached hydrogens (tertiary/aromatic N) is 3. The minimum absolute atomic E-state index is 0.0204. The van der Waals surface area contributed by atoms with Crippen LogP contribution >= 0.6 is 0 Å². The maximum atomic E-state index is 14.3. The fraction of sp³-hybridized carbons (Fsp3) is 0.190. The third-order valence-electron chi connectivity index (χ3n) is 4.74. The van der Waals surface area contributed by atoms with Gasteiger partial charge < -0.3 is 9.88 Å². The quantitative estimate of drug-likeness (QED) is 0.670. The van der Waals surface area contributed by atoms with Crippen LogP contribution in [-0.4, -0.2) is 14.5 Å². The molecule has 3 aromatic heterocycles. The SMILES string of the molecule is CCn1c(=O)c(C2=C(F)CCC=C2F)cc2cnc(Nc3ccc(F)cn3)cc21. The van der Waals surface area contributed by atoms with Gasteiger partial charge in [0.2, 0.25) is 0 Å². The highest BCUT2D eigenvalue weighted by molar-refractivity contribution is 5.88. The summed E-state index contributed by atoms with van der Waals surface area (Å²) in [6.45, 7) is 2.08. The van der Waals surface area contributed by atoms with E-state index < -0.39 is 23.0 Å². The van der Waals surface area contributed by atoms with Crippen molar-refractivity contribution >= 4 is 28.1 Å². The summed E-state index contributed by atoms with van der Waals surface area (Å²) in [5, 5.41) is 3.51. The minimum Gasteiger partial charge on any atom is -0.325 e. The highest BCUT2D eigenvalue weighted by Gasteiger charge is 2.22. The lowest BCUT2D eigenvalue weighted by Gasteiger charge is -2.16. The summed E-state index contributed by atoms with van der Waals surface area (Å²) in [5.41, 5.74) is -0.217. The highest BCUT2D eigenvalue weighted by atomic mass is 19.1. The maximum Gasteiger partial charge on any atom is 0.259 e. The minimum atomic E-state index is -0.721. The van der Waals surface area contributed by atoms with Crippen LogP contribution in [0.5, 0.6) is 0 Å². The Morgan fingerprint density at radius 1 is 1.10 bits per heavy atom. The fourth-order valence-electron chi connectivity index (χ4n) is 3.37. The number of aromatic nitrogens is 3. The molecule has 1 aliphatic carbocycles. The molecular formula is C21H17F3N4O. The van der Waals surface area contributed by atoms with Crippen LogP contribution in [0, 0.1) is 5.82 Å². The van der Waals surface area contributed by atoms with Crippen molar-refractivity contribution in [1.29, 1.82) is 0 Å². The smallest absolute Gasteiger partial charge is 0.259 e. The van der Waals surface area contributed by atoms with Crippen molar-refractivity contribution in [2.45, 2.75) is 26.3 Å². The van der Waals surface area contributed by atoms with Gasteiger partial charge in [-0.1, -0.05) is 0 Å². The third kappa shape index (κ3) is 3.53. The average molecular weight is 398 g/mol. The Kier molecular flexibility index (Phi) is 4.92. The Hall–Kier alpha value is -3.42. The van der Waals surface area contributed by atoms with Gasteiger partial charge in [-0.15, -0.1) is 0 Å². The third-order valence-corrected chi connectivity index (χ3v) is 4.74. The monoisotopic (exact) mass is 398 g/mol. The second-order valence-corrected chi connectivity index (χ2v) is 6.59. The predicted octanol–water partition coefficient (Wildman–Crippen LogP) is 5.02. The molecule has 8 heteroatoms. The maximum absolute atomic E-state index is 14.3. The van der Waals surface area contributed by atoms with Crippen molar-refractivity contribution in [3.05, 3.63) is 76.1 Å². The standard InChI is InChI=1S/C21H17F3N4O/c1-2-28-17-9-19(27-18-7-6-13(22)11-26-18)25-10-12(17)8-14(21(28)29)20-15(23)4-3-5-16(20)24/h4,6-11H,2-3,5H2,1H3,(H,25,26,27). The van der Waals surface area contributed by atoms with E-state index in [2.05, 4.69) is 15.3 Å². The van der Waals surface area contributed by atoms with Crippen LogP contribution in [0.3, 0.4) is 0 Å². The first-order chi connectivity index (χ1) is 14.0. The van der Waals surface area contributed by atoms with Crippen molar-refractivity contribution < 1.29 is 13.2 Å². The van der Waals surface area contributed by atoms with Crippen molar-refractivity contribution in [3.63, 3.8) is 0 Å². The molecule has 1 N–H and O–H groups in total. The van der Waals surface area contributed by atoms with Crippen molar-refractivity contribution in [2.75, 3.05) is 5.32 Å². The lowest BCUT2D eigenvalue weighted by atomic mass is 9.97. The van der Waals surface area contributed by atoms with Gasteiger partial charge in [-0.2, -0.15) is 0 Å². The number of hydrogen-bond donors (Lipinski definition) is 1. The summed E-state index contributed by atoms with van der Waals surface area (Å²) >= 11 is 0. The fourth-order valence-corrected chi connectivity index (χ4v) is 3.37. The van der Waals surface area contributed by atoms with Gasteiger partial charge in [-0.25, -0.2) is 23.1 Å². The molecule has 0 saturated heterocycles. The number of halogens is 3. The summed E-state index contributed by atoms with van der Waals surface area (Å²) in [4.78, 5) is 21.2. The molecule has 3 heterocycles. The van der Waals surface area contributed by atoms with Gasteiger partial charge in [0, 0.05) is 30.6 Å². The van der Waals surface area contributed by atoms with Crippen LogP contribution in [0.4, 0.5) is 24.8 Å². The van der Waals surface area contributed by atoms with Crippen molar-refractivity contribution in [3.8, 4) is 0 Å². The molecule has 0 amide bonds. The number of rotatable bonds is 4. The molecule has 1 aliphatic rings. The summed E-state index contributed by atoms with van der Waals surface area (Å²) in [7, 11) is 0. The van der Waals surface area contributed by atoms with E-state index >= 15 is 0 Å². The number of hydrogen-bond acceptors (Lipinski definition) is 4. The van der Waals surface area contributed by atoms with Crippen LogP contribution in [0.2, 0.25) is 0 Å². The normalized spacial score (nSPS) is 14.3. The molecule has 0 aliphatic heterocycles. The van der Waals surface area contributed by atoms with Gasteiger partial charge in [0.25, 0.3) is 5.56 Å². The van der Waals surface area contributed by atoms with Gasteiger partial charge >= 0.3 is 0 Å². The van der Waals surface area contributed by atoms with E-state index in [0.29, 0.717) is 29.1 Å².